The van der Waals surface area contributed by atoms with Crippen molar-refractivity contribution < 1.29 is 9.90 Å². The smallest absolute Gasteiger partial charge is 0.213 e. The second-order valence-corrected chi connectivity index (χ2v) is 9.12. The second kappa shape index (κ2) is 8.86. The van der Waals surface area contributed by atoms with Crippen LogP contribution in [-0.2, 0) is 5.60 Å². The van der Waals surface area contributed by atoms with E-state index in [1.807, 2.05) is 32.0 Å². The minimum atomic E-state index is -1.02. The Morgan fingerprint density at radius 2 is 1.76 bits per heavy atom. The number of rotatable bonds is 5. The Kier molecular flexibility index (Phi) is 6.12. The molecule has 1 fully saturated rings. The Morgan fingerprint density at radius 1 is 1.03 bits per heavy atom. The molecular weight excluding hydrogens is 416 g/mol. The molecule has 0 radical (unpaired) electrons. The molecule has 4 rings (SSSR count). The molecule has 0 saturated carbocycles. The van der Waals surface area contributed by atoms with Gasteiger partial charge in [0.15, 0.2) is 5.82 Å². The number of carbonyl (C=O) groups excluding carboxylic acids is 1. The molecule has 1 N–H and O–H groups in total. The predicted octanol–water partition coefficient (Wildman–Crippen LogP) is 3.06. The number of carbonyl (C=O) groups is 1. The molecule has 1 saturated heterocycles. The lowest BCUT2D eigenvalue weighted by molar-refractivity contribution is 0.0734. The maximum Gasteiger partial charge on any atom is 0.213 e. The monoisotopic (exact) mass is 446 g/mol. The van der Waals surface area contributed by atoms with Crippen LogP contribution in [0.15, 0.2) is 42.7 Å². The van der Waals surface area contributed by atoms with Crippen LogP contribution in [0.2, 0.25) is 0 Å². The van der Waals surface area contributed by atoms with Crippen LogP contribution in [0, 0.1) is 13.8 Å². The molecule has 0 aliphatic carbocycles. The lowest BCUT2D eigenvalue weighted by Gasteiger charge is -2.41. The van der Waals surface area contributed by atoms with Crippen LogP contribution in [0.5, 0.6) is 0 Å². The molecule has 1 aliphatic rings. The minimum absolute atomic E-state index is 0.110. The first-order valence-corrected chi connectivity index (χ1v) is 11.2. The first-order chi connectivity index (χ1) is 15.7. The maximum atomic E-state index is 12.9. The molecule has 0 bridgehead atoms. The highest BCUT2D eigenvalue weighted by Gasteiger charge is 2.29. The van der Waals surface area contributed by atoms with Crippen LogP contribution < -0.4 is 9.80 Å². The normalized spacial score (nSPS) is 16.7. The Hall–Kier alpha value is -3.39. The van der Waals surface area contributed by atoms with Gasteiger partial charge in [0, 0.05) is 31.2 Å². The zero-order valence-corrected chi connectivity index (χ0v) is 19.8. The number of benzene rings is 1. The first-order valence-electron chi connectivity index (χ1n) is 11.2. The quantitative estimate of drug-likeness (QED) is 0.598. The van der Waals surface area contributed by atoms with Gasteiger partial charge in [-0.3, -0.25) is 9.78 Å². The van der Waals surface area contributed by atoms with Gasteiger partial charge >= 0.3 is 0 Å². The number of aromatic nitrogens is 4. The van der Waals surface area contributed by atoms with Crippen molar-refractivity contribution in [2.24, 2.45) is 0 Å². The van der Waals surface area contributed by atoms with Crippen molar-refractivity contribution in [2.75, 3.05) is 29.4 Å². The van der Waals surface area contributed by atoms with E-state index in [9.17, 15) is 9.90 Å². The molecule has 1 aliphatic heterocycles. The third-order valence-corrected chi connectivity index (χ3v) is 6.24. The van der Waals surface area contributed by atoms with E-state index in [1.165, 1.54) is 0 Å². The summed E-state index contributed by atoms with van der Waals surface area (Å²) in [5, 5.41) is 18.9. The van der Waals surface area contributed by atoms with E-state index in [-0.39, 0.29) is 11.8 Å². The molecule has 8 heteroatoms. The van der Waals surface area contributed by atoms with Crippen molar-refractivity contribution in [2.45, 2.75) is 46.3 Å². The van der Waals surface area contributed by atoms with E-state index in [2.05, 4.69) is 36.9 Å². The van der Waals surface area contributed by atoms with E-state index in [0.717, 1.165) is 42.4 Å². The Labute approximate surface area is 194 Å². The van der Waals surface area contributed by atoms with Gasteiger partial charge in [-0.1, -0.05) is 30.3 Å². The third-order valence-electron chi connectivity index (χ3n) is 6.24. The molecular formula is C25H30N6O2. The summed E-state index contributed by atoms with van der Waals surface area (Å²) < 4.78 is 0. The molecule has 0 amide bonds. The highest BCUT2D eigenvalue weighted by atomic mass is 16.3. The van der Waals surface area contributed by atoms with Gasteiger partial charge < -0.3 is 14.9 Å². The second-order valence-electron chi connectivity index (χ2n) is 9.12. The highest BCUT2D eigenvalue weighted by molar-refractivity contribution is 6.08. The molecule has 0 spiro atoms. The molecule has 33 heavy (non-hydrogen) atoms. The summed E-state index contributed by atoms with van der Waals surface area (Å²) in [7, 11) is 0. The van der Waals surface area contributed by atoms with Crippen LogP contribution in [0.1, 0.15) is 53.6 Å². The summed E-state index contributed by atoms with van der Waals surface area (Å²) in [6, 6.07) is 9.35. The molecule has 8 nitrogen and oxygen atoms in total. The molecule has 172 valence electrons. The van der Waals surface area contributed by atoms with Gasteiger partial charge in [0.25, 0.3) is 0 Å². The number of nitrogens with zero attached hydrogens (tertiary/aromatic N) is 6. The summed E-state index contributed by atoms with van der Waals surface area (Å²) in [5.74, 6) is 1.49. The van der Waals surface area contributed by atoms with Gasteiger partial charge in [-0.25, -0.2) is 4.98 Å². The van der Waals surface area contributed by atoms with E-state index in [1.54, 1.807) is 38.4 Å². The first kappa shape index (κ1) is 22.8. The SMILES string of the molecule is Cc1c(C(=O)c2ccccc2)nnc(N2CCN(c3cnc(C(C)(C)O)cn3)C(C)C2)c1C. The summed E-state index contributed by atoms with van der Waals surface area (Å²) in [5.41, 5.74) is 2.37. The third kappa shape index (κ3) is 4.57. The van der Waals surface area contributed by atoms with E-state index in [4.69, 9.17) is 0 Å². The predicted molar refractivity (Wildman–Crippen MR) is 128 cm³/mol. The van der Waals surface area contributed by atoms with E-state index < -0.39 is 5.60 Å². The zero-order valence-electron chi connectivity index (χ0n) is 19.8. The summed E-state index contributed by atoms with van der Waals surface area (Å²) >= 11 is 0. The average Bonchev–Trinajstić information content (AvgIpc) is 2.80. The highest BCUT2D eigenvalue weighted by Crippen LogP contribution is 2.27. The fraction of sp³-hybridized carbons (Fsp3) is 0.400. The van der Waals surface area contributed by atoms with Gasteiger partial charge in [-0.15, -0.1) is 10.2 Å². The van der Waals surface area contributed by atoms with Crippen molar-refractivity contribution in [3.05, 3.63) is 70.8 Å². The Balaban J connectivity index is 1.51. The largest absolute Gasteiger partial charge is 0.384 e. The summed E-state index contributed by atoms with van der Waals surface area (Å²) in [6.45, 7) is 11.7. The van der Waals surface area contributed by atoms with Gasteiger partial charge in [0.2, 0.25) is 5.78 Å². The fourth-order valence-electron chi connectivity index (χ4n) is 4.11. The molecule has 1 unspecified atom stereocenters. The fourth-order valence-corrected chi connectivity index (χ4v) is 4.11. The molecule has 1 atom stereocenters. The van der Waals surface area contributed by atoms with E-state index >= 15 is 0 Å². The van der Waals surface area contributed by atoms with Gasteiger partial charge in [0.05, 0.1) is 18.1 Å². The zero-order chi connectivity index (χ0) is 23.8. The maximum absolute atomic E-state index is 12.9. The molecule has 3 heterocycles. The van der Waals surface area contributed by atoms with Gasteiger partial charge in [-0.05, 0) is 45.7 Å². The molecule has 3 aromatic rings. The van der Waals surface area contributed by atoms with Crippen molar-refractivity contribution in [3.8, 4) is 0 Å². The number of ketones is 1. The molecule has 2 aromatic heterocycles. The van der Waals surface area contributed by atoms with Crippen LogP contribution in [-0.4, -0.2) is 56.7 Å². The van der Waals surface area contributed by atoms with Crippen LogP contribution in [0.3, 0.4) is 0 Å². The minimum Gasteiger partial charge on any atom is -0.384 e. The van der Waals surface area contributed by atoms with Crippen LogP contribution in [0.25, 0.3) is 0 Å². The van der Waals surface area contributed by atoms with Crippen molar-refractivity contribution in [1.82, 2.24) is 20.2 Å². The average molecular weight is 447 g/mol. The topological polar surface area (TPSA) is 95.3 Å². The summed E-state index contributed by atoms with van der Waals surface area (Å²) in [4.78, 5) is 26.2. The lowest BCUT2D eigenvalue weighted by atomic mass is 10.0. The number of piperazine rings is 1. The van der Waals surface area contributed by atoms with Crippen LogP contribution in [0.4, 0.5) is 11.6 Å². The van der Waals surface area contributed by atoms with E-state index in [0.29, 0.717) is 17.0 Å². The standard InChI is InChI=1S/C25H30N6O2/c1-16-15-30(11-12-31(16)21-14-26-20(13-27-21)25(4,5)33)24-18(3)17(2)22(28-29-24)23(32)19-9-7-6-8-10-19/h6-10,13-14,16,33H,11-12,15H2,1-5H3. The van der Waals surface area contributed by atoms with Crippen molar-refractivity contribution in [3.63, 3.8) is 0 Å². The number of anilines is 2. The van der Waals surface area contributed by atoms with Crippen LogP contribution >= 0.6 is 0 Å². The Morgan fingerprint density at radius 3 is 2.36 bits per heavy atom. The summed E-state index contributed by atoms with van der Waals surface area (Å²) in [6.07, 6.45) is 3.36. The Bertz CT molecular complexity index is 1140. The number of hydrogen-bond donors (Lipinski definition) is 1. The lowest BCUT2D eigenvalue weighted by Crippen LogP contribution is -2.53. The number of hydrogen-bond acceptors (Lipinski definition) is 8. The van der Waals surface area contributed by atoms with Crippen molar-refractivity contribution >= 4 is 17.4 Å². The number of aliphatic hydroxyl groups is 1. The van der Waals surface area contributed by atoms with Crippen molar-refractivity contribution in [1.29, 1.82) is 0 Å². The van der Waals surface area contributed by atoms with Gasteiger partial charge in [-0.2, -0.15) is 0 Å². The molecule has 1 aromatic carbocycles. The van der Waals surface area contributed by atoms with Gasteiger partial charge in [0.1, 0.15) is 17.1 Å².